The third kappa shape index (κ3) is 3.42. The number of carbonyl (C=O) groups is 2. The number of aromatic nitrogens is 1. The number of hydrogen-bond acceptors (Lipinski definition) is 4. The Morgan fingerprint density at radius 1 is 1.19 bits per heavy atom. The van der Waals surface area contributed by atoms with Gasteiger partial charge >= 0.3 is 11.9 Å². The molecule has 5 heteroatoms. The summed E-state index contributed by atoms with van der Waals surface area (Å²) in [6.45, 7) is 4.96. The van der Waals surface area contributed by atoms with E-state index in [1.807, 2.05) is 6.92 Å². The molecule has 0 saturated carbocycles. The van der Waals surface area contributed by atoms with Crippen LogP contribution in [0.1, 0.15) is 30.7 Å². The van der Waals surface area contributed by atoms with Gasteiger partial charge in [0.2, 0.25) is 0 Å². The predicted molar refractivity (Wildman–Crippen MR) is 56.5 cm³/mol. The maximum absolute atomic E-state index is 10.7. The number of hydrogen-bond donors (Lipinski definition) is 1. The van der Waals surface area contributed by atoms with Crippen molar-refractivity contribution in [2.45, 2.75) is 34.0 Å². The highest BCUT2D eigenvalue weighted by Crippen LogP contribution is 2.15. The summed E-state index contributed by atoms with van der Waals surface area (Å²) >= 11 is 0. The summed E-state index contributed by atoms with van der Waals surface area (Å²) in [6, 6.07) is 0. The Bertz CT molecular complexity index is 395. The largest absolute Gasteiger partial charge is 0.461 e. The number of ether oxygens (including phenoxy) is 2. The van der Waals surface area contributed by atoms with Crippen molar-refractivity contribution in [1.29, 1.82) is 0 Å². The number of esters is 2. The van der Waals surface area contributed by atoms with E-state index >= 15 is 0 Å². The van der Waals surface area contributed by atoms with Crippen LogP contribution in [0.25, 0.3) is 0 Å². The van der Waals surface area contributed by atoms with Gasteiger partial charge < -0.3 is 14.5 Å². The van der Waals surface area contributed by atoms with Gasteiger partial charge in [-0.25, -0.2) is 0 Å². The number of H-pyrrole nitrogens is 1. The van der Waals surface area contributed by atoms with E-state index in [9.17, 15) is 9.59 Å². The van der Waals surface area contributed by atoms with Gasteiger partial charge in [-0.15, -0.1) is 0 Å². The quantitative estimate of drug-likeness (QED) is 0.787. The van der Waals surface area contributed by atoms with Gasteiger partial charge in [-0.1, -0.05) is 0 Å². The molecule has 0 aromatic carbocycles. The molecule has 1 rings (SSSR count). The van der Waals surface area contributed by atoms with Crippen LogP contribution in [0.2, 0.25) is 0 Å². The fraction of sp³-hybridized carbons (Fsp3) is 0.455. The monoisotopic (exact) mass is 225 g/mol. The van der Waals surface area contributed by atoms with Crippen LogP contribution in [-0.4, -0.2) is 16.9 Å². The lowest BCUT2D eigenvalue weighted by Crippen LogP contribution is -2.05. The van der Waals surface area contributed by atoms with E-state index in [2.05, 4.69) is 4.98 Å². The fourth-order valence-corrected chi connectivity index (χ4v) is 1.28. The van der Waals surface area contributed by atoms with Crippen LogP contribution in [0, 0.1) is 6.92 Å². The highest BCUT2D eigenvalue weighted by atomic mass is 16.5. The number of aryl methyl sites for hydroxylation is 1. The van der Waals surface area contributed by atoms with Crippen molar-refractivity contribution >= 4 is 11.9 Å². The Balaban J connectivity index is 2.69. The third-order valence-electron chi connectivity index (χ3n) is 2.14. The third-order valence-corrected chi connectivity index (χ3v) is 2.14. The average molecular weight is 225 g/mol. The zero-order chi connectivity index (χ0) is 12.1. The zero-order valence-electron chi connectivity index (χ0n) is 9.62. The molecule has 0 amide bonds. The van der Waals surface area contributed by atoms with Crippen molar-refractivity contribution in [3.63, 3.8) is 0 Å². The molecule has 0 radical (unpaired) electrons. The Hall–Kier alpha value is -1.78. The number of aromatic amines is 1. The van der Waals surface area contributed by atoms with Gasteiger partial charge in [0.1, 0.15) is 13.2 Å². The normalized spacial score (nSPS) is 9.94. The molecule has 0 spiro atoms. The minimum atomic E-state index is -0.342. The second-order valence-electron chi connectivity index (χ2n) is 3.49. The van der Waals surface area contributed by atoms with E-state index in [-0.39, 0.29) is 25.2 Å². The molecule has 0 aliphatic carbocycles. The van der Waals surface area contributed by atoms with Gasteiger partial charge in [-0.3, -0.25) is 9.59 Å². The van der Waals surface area contributed by atoms with Gasteiger partial charge in [-0.05, 0) is 12.5 Å². The Morgan fingerprint density at radius 2 is 1.75 bits per heavy atom. The van der Waals surface area contributed by atoms with E-state index in [1.54, 1.807) is 6.20 Å². The number of nitrogens with one attached hydrogen (secondary N) is 1. The lowest BCUT2D eigenvalue weighted by Gasteiger charge is -2.06. The highest BCUT2D eigenvalue weighted by molar-refractivity contribution is 5.66. The minimum Gasteiger partial charge on any atom is -0.461 e. The van der Waals surface area contributed by atoms with Crippen LogP contribution in [0.15, 0.2) is 6.20 Å². The summed E-state index contributed by atoms with van der Waals surface area (Å²) in [4.78, 5) is 24.4. The molecule has 1 aromatic heterocycles. The smallest absolute Gasteiger partial charge is 0.303 e. The van der Waals surface area contributed by atoms with Gasteiger partial charge in [-0.2, -0.15) is 0 Å². The van der Waals surface area contributed by atoms with Gasteiger partial charge in [0.25, 0.3) is 0 Å². The van der Waals surface area contributed by atoms with Crippen molar-refractivity contribution < 1.29 is 19.1 Å². The van der Waals surface area contributed by atoms with Gasteiger partial charge in [0, 0.05) is 25.6 Å². The van der Waals surface area contributed by atoms with Crippen LogP contribution >= 0.6 is 0 Å². The lowest BCUT2D eigenvalue weighted by atomic mass is 10.2. The molecule has 0 aliphatic rings. The standard InChI is InChI=1S/C11H15NO4/c1-7-4-12-11(6-16-9(3)14)10(7)5-15-8(2)13/h4,12H,5-6H2,1-3H3. The molecular weight excluding hydrogens is 210 g/mol. The van der Waals surface area contributed by atoms with Crippen LogP contribution in [0.5, 0.6) is 0 Å². The molecule has 16 heavy (non-hydrogen) atoms. The van der Waals surface area contributed by atoms with E-state index < -0.39 is 0 Å². The summed E-state index contributed by atoms with van der Waals surface area (Å²) in [5.41, 5.74) is 2.59. The molecule has 0 saturated heterocycles. The lowest BCUT2D eigenvalue weighted by molar-refractivity contribution is -0.144. The van der Waals surface area contributed by atoms with Crippen molar-refractivity contribution in [2.24, 2.45) is 0 Å². The molecule has 0 unspecified atom stereocenters. The first-order valence-electron chi connectivity index (χ1n) is 4.93. The maximum Gasteiger partial charge on any atom is 0.303 e. The minimum absolute atomic E-state index is 0.166. The first-order chi connectivity index (χ1) is 7.50. The second kappa shape index (κ2) is 5.34. The molecule has 0 atom stereocenters. The summed E-state index contributed by atoms with van der Waals surface area (Å²) < 4.78 is 9.79. The van der Waals surface area contributed by atoms with Crippen molar-refractivity contribution in [1.82, 2.24) is 4.98 Å². The van der Waals surface area contributed by atoms with Crippen molar-refractivity contribution in [2.75, 3.05) is 0 Å². The fourth-order valence-electron chi connectivity index (χ4n) is 1.28. The van der Waals surface area contributed by atoms with E-state index in [0.29, 0.717) is 0 Å². The summed E-state index contributed by atoms with van der Waals surface area (Å²) in [5, 5.41) is 0. The average Bonchev–Trinajstić information content (AvgIpc) is 2.53. The molecule has 1 N–H and O–H groups in total. The molecule has 1 heterocycles. The first kappa shape index (κ1) is 12.3. The number of carbonyl (C=O) groups excluding carboxylic acids is 2. The zero-order valence-corrected chi connectivity index (χ0v) is 9.62. The molecule has 1 aromatic rings. The van der Waals surface area contributed by atoms with Gasteiger partial charge in [0.05, 0.1) is 5.69 Å². The maximum atomic E-state index is 10.7. The van der Waals surface area contributed by atoms with Crippen molar-refractivity contribution in [3.8, 4) is 0 Å². The van der Waals surface area contributed by atoms with Crippen LogP contribution < -0.4 is 0 Å². The van der Waals surface area contributed by atoms with Gasteiger partial charge in [0.15, 0.2) is 0 Å². The number of rotatable bonds is 4. The Kier molecular flexibility index (Phi) is 4.10. The molecule has 5 nitrogen and oxygen atoms in total. The summed E-state index contributed by atoms with van der Waals surface area (Å²) in [6.07, 6.45) is 1.79. The molecular formula is C11H15NO4. The van der Waals surface area contributed by atoms with E-state index in [4.69, 9.17) is 9.47 Å². The summed E-state index contributed by atoms with van der Waals surface area (Å²) in [7, 11) is 0. The molecule has 0 fully saturated rings. The van der Waals surface area contributed by atoms with Crippen molar-refractivity contribution in [3.05, 3.63) is 23.0 Å². The van der Waals surface area contributed by atoms with E-state index in [1.165, 1.54) is 13.8 Å². The van der Waals surface area contributed by atoms with E-state index in [0.717, 1.165) is 16.8 Å². The molecule has 0 bridgehead atoms. The summed E-state index contributed by atoms with van der Waals surface area (Å²) in [5.74, 6) is -0.676. The first-order valence-corrected chi connectivity index (χ1v) is 4.93. The molecule has 88 valence electrons. The highest BCUT2D eigenvalue weighted by Gasteiger charge is 2.10. The van der Waals surface area contributed by atoms with Crippen LogP contribution in [0.3, 0.4) is 0 Å². The topological polar surface area (TPSA) is 68.4 Å². The Labute approximate surface area is 93.7 Å². The SMILES string of the molecule is CC(=O)OCc1[nH]cc(C)c1COC(C)=O. The Morgan fingerprint density at radius 3 is 2.31 bits per heavy atom. The van der Waals surface area contributed by atoms with Crippen LogP contribution in [-0.2, 0) is 32.3 Å². The molecule has 0 aliphatic heterocycles. The predicted octanol–water partition coefficient (Wildman–Crippen LogP) is 1.45. The van der Waals surface area contributed by atoms with Crippen LogP contribution in [0.4, 0.5) is 0 Å². The second-order valence-corrected chi connectivity index (χ2v) is 3.49.